The number of rotatable bonds is 20. The molecular formula is C66H93BIN7O15. The molecule has 90 heavy (non-hydrogen) atoms. The molecule has 4 bridgehead atoms. The first-order valence-corrected chi connectivity index (χ1v) is 32.2. The standard InChI is InChI=1S/C33H46N4O6.C25H37IN2O5.C8H10BNO4/c1-17-25-13-22(33(25,3)4)14-26(17)36-31(39)29-28(18(2)38)27(15-34)43-37(29)16-19-8-7-9-24(30(19)42-6)20-10-21(32(40)41)12-23(11-20)35-5;1-13-17-9-16(25(17,3)4)10-19(13)27-24(31)22-21(14(2)30)20(12-29)33-28(22)11-15-7-6-8-18(26)23(15)32-5;1-10-7-3-5(8(11)12)2-6(4-7)9(13)14/h7-12,17-18,22,25-29,35,38H,13-16,34H2,1-6H3,(H,36,39)(H,40,41);6-8,13-14,16-17,19-22,29-30H,9-12H2,1-5H3,(H,27,31);2-4,10,13-14H,1H3,(H,11,12)/t17-,18-,22+,25-,26-,27-,28+,29-;13-,14-,16+,17-,19-,20-,21+,22-;/m00./s1. The number of aliphatic hydroxyl groups excluding tert-OH is 3. The first kappa shape index (κ1) is 70.2. The lowest BCUT2D eigenvalue weighted by molar-refractivity contribution is -0.183. The summed E-state index contributed by atoms with van der Waals surface area (Å²) >= 11 is 2.22. The number of fused-ring (bicyclic) bond motifs is 4. The van der Waals surface area contributed by atoms with Crippen molar-refractivity contribution in [1.29, 1.82) is 0 Å². The number of nitrogens with two attached hydrogens (primary N) is 1. The summed E-state index contributed by atoms with van der Waals surface area (Å²) in [4.78, 5) is 62.5. The van der Waals surface area contributed by atoms with Crippen LogP contribution in [-0.4, -0.2) is 167 Å². The van der Waals surface area contributed by atoms with Crippen molar-refractivity contribution in [1.82, 2.24) is 20.8 Å². The summed E-state index contributed by atoms with van der Waals surface area (Å²) in [6, 6.07) is 19.4. The second-order valence-electron chi connectivity index (χ2n) is 26.6. The minimum absolute atomic E-state index is 0.0138. The average Bonchev–Trinajstić information content (AvgIpc) is 0.920. The first-order valence-electron chi connectivity index (χ1n) is 31.2. The van der Waals surface area contributed by atoms with Crippen LogP contribution in [-0.2, 0) is 32.4 Å². The number of carboxylic acid groups (broad SMARTS) is 2. The molecule has 12 rings (SSSR count). The maximum atomic E-state index is 14.1. The van der Waals surface area contributed by atoms with E-state index in [1.54, 1.807) is 64.4 Å². The van der Waals surface area contributed by atoms with Gasteiger partial charge in [0.25, 0.3) is 0 Å². The molecular weight excluding hydrogens is 1270 g/mol. The number of carbonyl (C=O) groups excluding carboxylic acids is 2. The molecule has 22 nitrogen and oxygen atoms in total. The largest absolute Gasteiger partial charge is 0.496 e. The van der Waals surface area contributed by atoms with Gasteiger partial charge in [-0.25, -0.2) is 9.59 Å². The minimum atomic E-state index is -1.67. The second kappa shape index (κ2) is 29.1. The van der Waals surface area contributed by atoms with Crippen LogP contribution in [0.4, 0.5) is 11.4 Å². The van der Waals surface area contributed by atoms with E-state index in [1.807, 2.05) is 42.5 Å². The van der Waals surface area contributed by atoms with E-state index in [4.69, 9.17) is 40.0 Å². The number of aromatic carboxylic acids is 2. The number of nitrogens with one attached hydrogen (secondary N) is 4. The lowest BCUT2D eigenvalue weighted by Crippen LogP contribution is -2.62. The van der Waals surface area contributed by atoms with Crippen LogP contribution >= 0.6 is 22.6 Å². The van der Waals surface area contributed by atoms with Gasteiger partial charge in [0.2, 0.25) is 11.8 Å². The maximum Gasteiger partial charge on any atom is 0.488 e. The third-order valence-electron chi connectivity index (χ3n) is 21.0. The van der Waals surface area contributed by atoms with Crippen LogP contribution in [0.3, 0.4) is 0 Å². The van der Waals surface area contributed by atoms with E-state index >= 15 is 0 Å². The predicted molar refractivity (Wildman–Crippen MR) is 350 cm³/mol. The molecule has 16 atom stereocenters. The van der Waals surface area contributed by atoms with Crippen molar-refractivity contribution >= 4 is 70.3 Å². The number of aliphatic hydroxyl groups is 3. The summed E-state index contributed by atoms with van der Waals surface area (Å²) in [5, 5.41) is 83.2. The van der Waals surface area contributed by atoms with E-state index in [0.29, 0.717) is 81.1 Å². The van der Waals surface area contributed by atoms with E-state index in [1.165, 1.54) is 31.0 Å². The smallest absolute Gasteiger partial charge is 0.488 e. The average molecular weight is 1360 g/mol. The highest BCUT2D eigenvalue weighted by atomic mass is 127. The fourth-order valence-corrected chi connectivity index (χ4v) is 16.3. The van der Waals surface area contributed by atoms with Crippen LogP contribution in [0.15, 0.2) is 72.8 Å². The van der Waals surface area contributed by atoms with Crippen LogP contribution in [0.25, 0.3) is 11.1 Å². The topological polar surface area (TPSA) is 327 Å². The molecule has 13 N–H and O–H groups in total. The summed E-state index contributed by atoms with van der Waals surface area (Å²) in [5.41, 5.74) is 11.2. The van der Waals surface area contributed by atoms with Crippen molar-refractivity contribution in [3.05, 3.63) is 98.6 Å². The third-order valence-corrected chi connectivity index (χ3v) is 21.8. The van der Waals surface area contributed by atoms with Gasteiger partial charge < -0.3 is 72.1 Å². The van der Waals surface area contributed by atoms with Gasteiger partial charge in [0.05, 0.1) is 66.9 Å². The monoisotopic (exact) mass is 1360 g/mol. The Bertz CT molecular complexity index is 3210. The quantitative estimate of drug-likeness (QED) is 0.0368. The lowest BCUT2D eigenvalue weighted by Gasteiger charge is -2.62. The molecule has 0 unspecified atom stereocenters. The van der Waals surface area contributed by atoms with E-state index < -0.39 is 67.4 Å². The number of hydrogen-bond donors (Lipinski definition) is 12. The predicted octanol–water partition coefficient (Wildman–Crippen LogP) is 5.80. The fourth-order valence-electron chi connectivity index (χ4n) is 15.6. The Labute approximate surface area is 542 Å². The molecule has 0 aromatic heterocycles. The molecule has 8 fully saturated rings. The molecule has 4 aromatic rings. The molecule has 2 aliphatic heterocycles. The number of methoxy groups -OCH3 is 2. The van der Waals surface area contributed by atoms with Crippen molar-refractivity contribution in [2.24, 2.45) is 63.9 Å². The molecule has 4 aromatic carbocycles. The SMILES string of the molecule is CNc1cc(B(O)O)cc(C(=O)O)c1.CNc1cc(C(=O)O)cc(-c2cccc(CN3O[C@@H](CN)[C@@H]([C@H](C)O)[C@H]3C(=O)N[C@H]3C[C@H]4C[C@@H]([C@@H]3C)C4(C)C)c2OC)c1.COc1c(I)cccc1CN1O[C@@H](CO)[C@@H]([C@H](C)O)[C@H]1C(=O)N[C@H]1C[C@H]2C[C@@H]([C@@H]1C)C2(C)C. The number of hydrogen-bond acceptors (Lipinski definition) is 18. The Kier molecular flexibility index (Phi) is 22.7. The molecule has 492 valence electrons. The zero-order valence-corrected chi connectivity index (χ0v) is 55.8. The van der Waals surface area contributed by atoms with E-state index in [-0.39, 0.29) is 60.2 Å². The summed E-state index contributed by atoms with van der Waals surface area (Å²) in [7, 11) is 4.88. The normalized spacial score (nSPS) is 29.2. The molecule has 24 heteroatoms. The zero-order valence-electron chi connectivity index (χ0n) is 53.6. The van der Waals surface area contributed by atoms with Crippen molar-refractivity contribution in [3.8, 4) is 22.6 Å². The zero-order chi connectivity index (χ0) is 66.0. The number of nitrogens with zero attached hydrogens (tertiary/aromatic N) is 2. The Hall–Kier alpha value is -5.65. The van der Waals surface area contributed by atoms with E-state index in [0.717, 1.165) is 33.3 Å². The minimum Gasteiger partial charge on any atom is -0.496 e. The summed E-state index contributed by atoms with van der Waals surface area (Å²) in [6.07, 6.45) is 1.58. The summed E-state index contributed by atoms with van der Waals surface area (Å²) in [5.74, 6) is 0.965. The Morgan fingerprint density at radius 3 is 1.57 bits per heavy atom. The van der Waals surface area contributed by atoms with Crippen LogP contribution in [0, 0.1) is 61.7 Å². The molecule has 6 aliphatic carbocycles. The van der Waals surface area contributed by atoms with Gasteiger partial charge in [-0.05, 0) is 162 Å². The summed E-state index contributed by atoms with van der Waals surface area (Å²) in [6.45, 7) is 17.6. The van der Waals surface area contributed by atoms with Gasteiger partial charge in [0.1, 0.15) is 29.7 Å². The molecule has 2 heterocycles. The van der Waals surface area contributed by atoms with Crippen molar-refractivity contribution in [2.45, 2.75) is 143 Å². The van der Waals surface area contributed by atoms with Gasteiger partial charge in [-0.2, -0.15) is 10.1 Å². The maximum absolute atomic E-state index is 14.1. The second-order valence-corrected chi connectivity index (χ2v) is 27.7. The number of para-hydroxylation sites is 2. The molecule has 6 saturated carbocycles. The van der Waals surface area contributed by atoms with Crippen LogP contribution < -0.4 is 41.9 Å². The van der Waals surface area contributed by atoms with Crippen molar-refractivity contribution in [3.63, 3.8) is 0 Å². The Morgan fingerprint density at radius 2 is 1.14 bits per heavy atom. The van der Waals surface area contributed by atoms with Crippen LogP contribution in [0.1, 0.15) is 113 Å². The number of halogens is 1. The summed E-state index contributed by atoms with van der Waals surface area (Å²) < 4.78 is 12.4. The fraction of sp³-hybridized carbons (Fsp3) is 0.576. The molecule has 2 saturated heterocycles. The lowest BCUT2D eigenvalue weighted by atomic mass is 9.45. The van der Waals surface area contributed by atoms with Gasteiger partial charge in [-0.15, -0.1) is 0 Å². The number of ether oxygens (including phenoxy) is 2. The highest BCUT2D eigenvalue weighted by molar-refractivity contribution is 14.1. The van der Waals surface area contributed by atoms with Gasteiger partial charge in [0, 0.05) is 72.6 Å². The van der Waals surface area contributed by atoms with E-state index in [9.17, 15) is 39.6 Å². The van der Waals surface area contributed by atoms with Crippen LogP contribution in [0.2, 0.25) is 0 Å². The number of anilines is 2. The molecule has 8 aliphatic rings. The molecule has 2 amide bonds. The van der Waals surface area contributed by atoms with Gasteiger partial charge in [-0.3, -0.25) is 19.3 Å². The highest BCUT2D eigenvalue weighted by Crippen LogP contribution is 2.62. The van der Waals surface area contributed by atoms with Gasteiger partial charge in [0.15, 0.2) is 0 Å². The third kappa shape index (κ3) is 14.4. The first-order chi connectivity index (χ1) is 42.5. The Morgan fingerprint density at radius 1 is 0.689 bits per heavy atom. The van der Waals surface area contributed by atoms with Gasteiger partial charge >= 0.3 is 19.1 Å². The van der Waals surface area contributed by atoms with Gasteiger partial charge in [-0.1, -0.05) is 71.9 Å². The molecule has 0 radical (unpaired) electrons. The van der Waals surface area contributed by atoms with Crippen molar-refractivity contribution in [2.75, 3.05) is 52.1 Å². The number of amides is 2. The van der Waals surface area contributed by atoms with Crippen LogP contribution in [0.5, 0.6) is 11.5 Å². The number of carboxylic acids is 2. The number of hydroxylamine groups is 4. The highest BCUT2D eigenvalue weighted by Gasteiger charge is 2.59. The van der Waals surface area contributed by atoms with E-state index in [2.05, 4.69) is 85.4 Å². The number of carbonyl (C=O) groups is 4. The molecule has 0 spiro atoms. The van der Waals surface area contributed by atoms with Crippen molar-refractivity contribution < 1.29 is 73.9 Å². The number of benzene rings is 4. The Balaban J connectivity index is 0.000000196.